The standard InChI is InChI=1S/C18H12F4N2O2/c19-17(20)25-11-5-6-13(15(7-11)26-18(21)22)14-9-24-8-10-3-1-2-4-12(10)16(24)23-14/h1-7,9,17-18H,8H2. The number of hydrogen-bond donors (Lipinski definition) is 0. The van der Waals surface area contributed by atoms with Crippen molar-refractivity contribution in [2.45, 2.75) is 19.8 Å². The fourth-order valence-electron chi connectivity index (χ4n) is 3.02. The summed E-state index contributed by atoms with van der Waals surface area (Å²) in [4.78, 5) is 4.51. The summed E-state index contributed by atoms with van der Waals surface area (Å²) in [6.07, 6.45) is 1.72. The SMILES string of the molecule is FC(F)Oc1ccc(-c2cn3c(n2)-c2ccccc2C3)c(OC(F)F)c1. The summed E-state index contributed by atoms with van der Waals surface area (Å²) in [5.41, 5.74) is 2.76. The van der Waals surface area contributed by atoms with Crippen LogP contribution in [0.5, 0.6) is 11.5 Å². The summed E-state index contributed by atoms with van der Waals surface area (Å²) >= 11 is 0. The zero-order valence-corrected chi connectivity index (χ0v) is 13.2. The minimum atomic E-state index is -3.11. The van der Waals surface area contributed by atoms with Crippen LogP contribution in [0.25, 0.3) is 22.6 Å². The lowest BCUT2D eigenvalue weighted by atomic mass is 10.1. The van der Waals surface area contributed by atoms with E-state index in [1.54, 1.807) is 6.20 Å². The van der Waals surface area contributed by atoms with Gasteiger partial charge in [0.1, 0.15) is 17.3 Å². The third-order valence-corrected chi connectivity index (χ3v) is 4.05. The lowest BCUT2D eigenvalue weighted by Gasteiger charge is -2.12. The number of imidazole rings is 1. The summed E-state index contributed by atoms with van der Waals surface area (Å²) < 4.78 is 60.8. The smallest absolute Gasteiger partial charge is 0.387 e. The molecule has 1 aromatic heterocycles. The Morgan fingerprint density at radius 3 is 2.46 bits per heavy atom. The normalized spacial score (nSPS) is 12.4. The number of nitrogens with zero attached hydrogens (tertiary/aromatic N) is 2. The Labute approximate surface area is 145 Å². The quantitative estimate of drug-likeness (QED) is 0.478. The van der Waals surface area contributed by atoms with Crippen molar-refractivity contribution in [1.29, 1.82) is 0 Å². The summed E-state index contributed by atoms with van der Waals surface area (Å²) in [6, 6.07) is 11.4. The molecular weight excluding hydrogens is 352 g/mol. The minimum Gasteiger partial charge on any atom is -0.435 e. The number of rotatable bonds is 5. The monoisotopic (exact) mass is 364 g/mol. The maximum absolute atomic E-state index is 12.7. The molecular formula is C18H12F4N2O2. The van der Waals surface area contributed by atoms with Gasteiger partial charge in [-0.2, -0.15) is 17.6 Å². The zero-order valence-electron chi connectivity index (χ0n) is 13.2. The van der Waals surface area contributed by atoms with Crippen molar-refractivity contribution in [2.75, 3.05) is 0 Å². The molecule has 0 N–H and O–H groups in total. The fraction of sp³-hybridized carbons (Fsp3) is 0.167. The van der Waals surface area contributed by atoms with Crippen LogP contribution in [0.15, 0.2) is 48.7 Å². The molecule has 0 fully saturated rings. The van der Waals surface area contributed by atoms with Crippen molar-refractivity contribution in [3.8, 4) is 34.1 Å². The molecule has 4 nitrogen and oxygen atoms in total. The Morgan fingerprint density at radius 1 is 0.923 bits per heavy atom. The molecule has 2 aromatic carbocycles. The van der Waals surface area contributed by atoms with Crippen LogP contribution >= 0.6 is 0 Å². The molecule has 4 rings (SSSR count). The average Bonchev–Trinajstić information content (AvgIpc) is 3.11. The Kier molecular flexibility index (Phi) is 4.02. The van der Waals surface area contributed by atoms with Crippen LogP contribution in [0.3, 0.4) is 0 Å². The number of aromatic nitrogens is 2. The van der Waals surface area contributed by atoms with Crippen LogP contribution in [0.2, 0.25) is 0 Å². The van der Waals surface area contributed by atoms with E-state index in [1.807, 2.05) is 28.8 Å². The second-order valence-electron chi connectivity index (χ2n) is 5.65. The molecule has 0 saturated heterocycles. The van der Waals surface area contributed by atoms with Crippen LogP contribution in [0.1, 0.15) is 5.56 Å². The summed E-state index contributed by atoms with van der Waals surface area (Å²) in [6.45, 7) is -5.55. The highest BCUT2D eigenvalue weighted by Gasteiger charge is 2.23. The molecule has 0 bridgehead atoms. The highest BCUT2D eigenvalue weighted by molar-refractivity contribution is 5.73. The van der Waals surface area contributed by atoms with Crippen molar-refractivity contribution in [3.05, 3.63) is 54.2 Å². The van der Waals surface area contributed by atoms with Gasteiger partial charge in [-0.1, -0.05) is 24.3 Å². The molecule has 26 heavy (non-hydrogen) atoms. The van der Waals surface area contributed by atoms with Gasteiger partial charge >= 0.3 is 13.2 Å². The fourth-order valence-corrected chi connectivity index (χ4v) is 3.02. The molecule has 2 heterocycles. The van der Waals surface area contributed by atoms with Gasteiger partial charge in [0.05, 0.1) is 5.69 Å². The van der Waals surface area contributed by atoms with Crippen molar-refractivity contribution < 1.29 is 27.0 Å². The van der Waals surface area contributed by atoms with Gasteiger partial charge in [-0.25, -0.2) is 4.98 Å². The number of alkyl halides is 4. The molecule has 1 aliphatic rings. The molecule has 1 aliphatic heterocycles. The van der Waals surface area contributed by atoms with E-state index in [1.165, 1.54) is 12.1 Å². The van der Waals surface area contributed by atoms with Crippen molar-refractivity contribution in [1.82, 2.24) is 9.55 Å². The van der Waals surface area contributed by atoms with Gasteiger partial charge in [-0.05, 0) is 17.7 Å². The highest BCUT2D eigenvalue weighted by Crippen LogP contribution is 2.38. The number of ether oxygens (including phenoxy) is 2. The summed E-state index contributed by atoms with van der Waals surface area (Å²) in [5.74, 6) is 0.172. The second-order valence-corrected chi connectivity index (χ2v) is 5.65. The average molecular weight is 364 g/mol. The first-order valence-electron chi connectivity index (χ1n) is 7.71. The lowest BCUT2D eigenvalue weighted by Crippen LogP contribution is -2.05. The number of hydrogen-bond acceptors (Lipinski definition) is 3. The molecule has 0 radical (unpaired) electrons. The molecule has 0 spiro atoms. The van der Waals surface area contributed by atoms with E-state index in [-0.39, 0.29) is 17.1 Å². The third-order valence-electron chi connectivity index (χ3n) is 4.05. The van der Waals surface area contributed by atoms with Crippen molar-refractivity contribution in [2.24, 2.45) is 0 Å². The van der Waals surface area contributed by atoms with Gasteiger partial charge in [0, 0.05) is 29.9 Å². The molecule has 3 aromatic rings. The topological polar surface area (TPSA) is 36.3 Å². The zero-order chi connectivity index (χ0) is 18.3. The first-order chi connectivity index (χ1) is 12.5. The van der Waals surface area contributed by atoms with E-state index in [0.29, 0.717) is 18.1 Å². The molecule has 8 heteroatoms. The van der Waals surface area contributed by atoms with Gasteiger partial charge < -0.3 is 14.0 Å². The predicted octanol–water partition coefficient (Wildman–Crippen LogP) is 4.78. The first kappa shape index (κ1) is 16.4. The van der Waals surface area contributed by atoms with Crippen LogP contribution < -0.4 is 9.47 Å². The van der Waals surface area contributed by atoms with E-state index >= 15 is 0 Å². The van der Waals surface area contributed by atoms with E-state index in [0.717, 1.165) is 17.2 Å². The van der Waals surface area contributed by atoms with Crippen LogP contribution in [-0.2, 0) is 6.54 Å². The summed E-state index contributed by atoms with van der Waals surface area (Å²) in [5, 5.41) is 0. The molecule has 0 amide bonds. The predicted molar refractivity (Wildman–Crippen MR) is 85.5 cm³/mol. The van der Waals surface area contributed by atoms with Crippen LogP contribution in [0.4, 0.5) is 17.6 Å². The van der Waals surface area contributed by atoms with Crippen molar-refractivity contribution in [3.63, 3.8) is 0 Å². The Hall–Kier alpha value is -3.03. The van der Waals surface area contributed by atoms with Gasteiger partial charge in [0.25, 0.3) is 0 Å². The lowest BCUT2D eigenvalue weighted by molar-refractivity contribution is -0.0540. The maximum atomic E-state index is 12.7. The van der Waals surface area contributed by atoms with E-state index in [2.05, 4.69) is 14.5 Å². The second kappa shape index (κ2) is 6.36. The van der Waals surface area contributed by atoms with Crippen molar-refractivity contribution >= 4 is 0 Å². The number of fused-ring (bicyclic) bond motifs is 3. The van der Waals surface area contributed by atoms with Gasteiger partial charge in [-0.15, -0.1) is 0 Å². The van der Waals surface area contributed by atoms with Crippen LogP contribution in [0, 0.1) is 0 Å². The first-order valence-corrected chi connectivity index (χ1v) is 7.71. The summed E-state index contributed by atoms with van der Waals surface area (Å²) in [7, 11) is 0. The Bertz CT molecular complexity index is 956. The molecule has 0 unspecified atom stereocenters. The minimum absolute atomic E-state index is 0.267. The molecule has 134 valence electrons. The molecule has 0 aliphatic carbocycles. The number of halogens is 4. The Balaban J connectivity index is 1.74. The largest absolute Gasteiger partial charge is 0.435 e. The molecule has 0 atom stereocenters. The molecule has 0 saturated carbocycles. The third kappa shape index (κ3) is 2.98. The van der Waals surface area contributed by atoms with E-state index in [4.69, 9.17) is 0 Å². The van der Waals surface area contributed by atoms with Gasteiger partial charge in [0.15, 0.2) is 0 Å². The highest BCUT2D eigenvalue weighted by atomic mass is 19.3. The maximum Gasteiger partial charge on any atom is 0.387 e. The number of benzene rings is 2. The Morgan fingerprint density at radius 2 is 1.69 bits per heavy atom. The van der Waals surface area contributed by atoms with Crippen LogP contribution in [-0.4, -0.2) is 22.8 Å². The van der Waals surface area contributed by atoms with Gasteiger partial charge in [0.2, 0.25) is 0 Å². The van der Waals surface area contributed by atoms with E-state index in [9.17, 15) is 17.6 Å². The van der Waals surface area contributed by atoms with E-state index < -0.39 is 13.2 Å². The van der Waals surface area contributed by atoms with Gasteiger partial charge in [-0.3, -0.25) is 0 Å².